The molecule has 0 N–H and O–H groups in total. The van der Waals surface area contributed by atoms with E-state index in [0.29, 0.717) is 23.1 Å². The first-order valence-electron chi connectivity index (χ1n) is 8.40. The minimum absolute atomic E-state index is 0.00200. The monoisotopic (exact) mass is 408 g/mol. The number of halogens is 3. The number of carbonyl (C=O) groups is 1. The zero-order chi connectivity index (χ0) is 18.5. The van der Waals surface area contributed by atoms with Gasteiger partial charge in [0.05, 0.1) is 0 Å². The normalized spacial score (nSPS) is 15.6. The van der Waals surface area contributed by atoms with Crippen molar-refractivity contribution in [3.63, 3.8) is 0 Å². The van der Waals surface area contributed by atoms with Gasteiger partial charge in [0.25, 0.3) is 0 Å². The van der Waals surface area contributed by atoms with E-state index < -0.39 is 0 Å². The fourth-order valence-corrected chi connectivity index (χ4v) is 3.48. The van der Waals surface area contributed by atoms with Crippen LogP contribution in [0.2, 0.25) is 15.1 Å². The number of nitrogens with zero attached hydrogens (tertiary/aromatic N) is 2. The van der Waals surface area contributed by atoms with Crippen LogP contribution in [0.1, 0.15) is 11.1 Å². The highest BCUT2D eigenvalue weighted by molar-refractivity contribution is 6.35. The Morgan fingerprint density at radius 2 is 1.58 bits per heavy atom. The first-order valence-corrected chi connectivity index (χ1v) is 9.53. The molecule has 0 saturated carbocycles. The average molecular weight is 410 g/mol. The molecule has 6 heteroatoms. The Morgan fingerprint density at radius 3 is 2.23 bits per heavy atom. The van der Waals surface area contributed by atoms with Crippen molar-refractivity contribution < 1.29 is 4.79 Å². The third-order valence-corrected chi connectivity index (χ3v) is 5.19. The molecular weight excluding hydrogens is 391 g/mol. The zero-order valence-corrected chi connectivity index (χ0v) is 16.4. The third kappa shape index (κ3) is 5.24. The highest BCUT2D eigenvalue weighted by Gasteiger charge is 2.19. The summed E-state index contributed by atoms with van der Waals surface area (Å²) in [4.78, 5) is 16.6. The highest BCUT2D eigenvalue weighted by atomic mass is 35.5. The van der Waals surface area contributed by atoms with E-state index in [4.69, 9.17) is 34.8 Å². The number of amides is 1. The summed E-state index contributed by atoms with van der Waals surface area (Å²) in [5.74, 6) is 0.00200. The first kappa shape index (κ1) is 19.2. The standard InChI is InChI=1S/C20H19Cl3N2O/c21-17-5-1-15(2-6-17)14-24-9-11-25(12-10-24)20(26)8-4-16-3-7-18(22)13-19(16)23/h1-8,13H,9-12,14H2. The Bertz CT molecular complexity index is 797. The van der Waals surface area contributed by atoms with E-state index in [9.17, 15) is 4.79 Å². The van der Waals surface area contributed by atoms with Crippen molar-refractivity contribution in [1.82, 2.24) is 9.80 Å². The molecule has 0 spiro atoms. The summed E-state index contributed by atoms with van der Waals surface area (Å²) >= 11 is 17.9. The van der Waals surface area contributed by atoms with Gasteiger partial charge in [0, 0.05) is 53.9 Å². The smallest absolute Gasteiger partial charge is 0.246 e. The maximum absolute atomic E-state index is 12.4. The van der Waals surface area contributed by atoms with Gasteiger partial charge in [0.2, 0.25) is 5.91 Å². The van der Waals surface area contributed by atoms with Crippen molar-refractivity contribution >= 4 is 46.8 Å². The minimum atomic E-state index is 0.00200. The van der Waals surface area contributed by atoms with Crippen LogP contribution in [0, 0.1) is 0 Å². The van der Waals surface area contributed by atoms with E-state index in [1.165, 1.54) is 5.56 Å². The Kier molecular flexibility index (Phi) is 6.60. The molecule has 1 heterocycles. The van der Waals surface area contributed by atoms with Crippen LogP contribution in [0.3, 0.4) is 0 Å². The number of carbonyl (C=O) groups excluding carboxylic acids is 1. The van der Waals surface area contributed by atoms with Crippen molar-refractivity contribution in [2.75, 3.05) is 26.2 Å². The molecule has 0 bridgehead atoms. The van der Waals surface area contributed by atoms with E-state index in [1.807, 2.05) is 29.2 Å². The molecule has 2 aromatic carbocycles. The van der Waals surface area contributed by atoms with Crippen molar-refractivity contribution in [2.24, 2.45) is 0 Å². The second-order valence-electron chi connectivity index (χ2n) is 6.23. The summed E-state index contributed by atoms with van der Waals surface area (Å²) in [7, 11) is 0. The van der Waals surface area contributed by atoms with Gasteiger partial charge >= 0.3 is 0 Å². The Morgan fingerprint density at radius 1 is 0.923 bits per heavy atom. The SMILES string of the molecule is O=C(C=Cc1ccc(Cl)cc1Cl)N1CCN(Cc2ccc(Cl)cc2)CC1. The Balaban J connectivity index is 1.51. The molecule has 0 aliphatic carbocycles. The lowest BCUT2D eigenvalue weighted by molar-refractivity contribution is -0.127. The van der Waals surface area contributed by atoms with Gasteiger partial charge in [0.15, 0.2) is 0 Å². The highest BCUT2D eigenvalue weighted by Crippen LogP contribution is 2.22. The number of benzene rings is 2. The second kappa shape index (κ2) is 8.92. The number of piperazine rings is 1. The summed E-state index contributed by atoms with van der Waals surface area (Å²) < 4.78 is 0. The summed E-state index contributed by atoms with van der Waals surface area (Å²) in [6, 6.07) is 13.1. The van der Waals surface area contributed by atoms with Crippen LogP contribution < -0.4 is 0 Å². The van der Waals surface area contributed by atoms with Crippen LogP contribution in [-0.2, 0) is 11.3 Å². The number of hydrogen-bond acceptors (Lipinski definition) is 2. The summed E-state index contributed by atoms with van der Waals surface area (Å²) in [5, 5.41) is 1.86. The molecule has 2 aromatic rings. The summed E-state index contributed by atoms with van der Waals surface area (Å²) in [6.45, 7) is 4.00. The topological polar surface area (TPSA) is 23.6 Å². The van der Waals surface area contributed by atoms with E-state index in [2.05, 4.69) is 4.90 Å². The Labute approximate surface area is 168 Å². The lowest BCUT2D eigenvalue weighted by atomic mass is 10.2. The zero-order valence-electron chi connectivity index (χ0n) is 14.2. The molecule has 1 fully saturated rings. The van der Waals surface area contributed by atoms with E-state index in [0.717, 1.165) is 30.2 Å². The van der Waals surface area contributed by atoms with Crippen molar-refractivity contribution in [3.05, 3.63) is 74.7 Å². The molecule has 3 rings (SSSR count). The van der Waals surface area contributed by atoms with Gasteiger partial charge in [-0.3, -0.25) is 9.69 Å². The van der Waals surface area contributed by atoms with Crippen LogP contribution in [0.15, 0.2) is 48.5 Å². The van der Waals surface area contributed by atoms with E-state index in [1.54, 1.807) is 30.4 Å². The lowest BCUT2D eigenvalue weighted by Gasteiger charge is -2.34. The maximum atomic E-state index is 12.4. The molecule has 0 unspecified atom stereocenters. The van der Waals surface area contributed by atoms with E-state index >= 15 is 0 Å². The van der Waals surface area contributed by atoms with Crippen LogP contribution in [0.4, 0.5) is 0 Å². The molecule has 136 valence electrons. The van der Waals surface area contributed by atoms with Gasteiger partial charge < -0.3 is 4.90 Å². The quantitative estimate of drug-likeness (QED) is 0.663. The number of hydrogen-bond donors (Lipinski definition) is 0. The maximum Gasteiger partial charge on any atom is 0.246 e. The van der Waals surface area contributed by atoms with Gasteiger partial charge in [-0.2, -0.15) is 0 Å². The van der Waals surface area contributed by atoms with Gasteiger partial charge in [-0.05, 0) is 41.5 Å². The van der Waals surface area contributed by atoms with Crippen molar-refractivity contribution in [3.8, 4) is 0 Å². The Hall–Kier alpha value is -1.52. The molecule has 0 radical (unpaired) electrons. The minimum Gasteiger partial charge on any atom is -0.337 e. The molecule has 1 amide bonds. The van der Waals surface area contributed by atoms with Gasteiger partial charge in [-0.15, -0.1) is 0 Å². The average Bonchev–Trinajstić information content (AvgIpc) is 2.63. The molecule has 26 heavy (non-hydrogen) atoms. The second-order valence-corrected chi connectivity index (χ2v) is 7.51. The third-order valence-electron chi connectivity index (χ3n) is 4.37. The number of rotatable bonds is 4. The molecule has 1 saturated heterocycles. The predicted octanol–water partition coefficient (Wildman–Crippen LogP) is 5.00. The first-order chi connectivity index (χ1) is 12.5. The van der Waals surface area contributed by atoms with Crippen molar-refractivity contribution in [2.45, 2.75) is 6.54 Å². The van der Waals surface area contributed by atoms with Crippen molar-refractivity contribution in [1.29, 1.82) is 0 Å². The van der Waals surface area contributed by atoms with Gasteiger partial charge in [-0.1, -0.05) is 53.0 Å². The van der Waals surface area contributed by atoms with Gasteiger partial charge in [-0.25, -0.2) is 0 Å². The van der Waals surface area contributed by atoms with Crippen LogP contribution in [0.25, 0.3) is 6.08 Å². The fourth-order valence-electron chi connectivity index (χ4n) is 2.88. The largest absolute Gasteiger partial charge is 0.337 e. The molecular formula is C20H19Cl3N2O. The predicted molar refractivity (Wildman–Crippen MR) is 109 cm³/mol. The molecule has 1 aliphatic heterocycles. The summed E-state index contributed by atoms with van der Waals surface area (Å²) in [6.07, 6.45) is 3.31. The van der Waals surface area contributed by atoms with E-state index in [-0.39, 0.29) is 5.91 Å². The summed E-state index contributed by atoms with van der Waals surface area (Å²) in [5.41, 5.74) is 2.01. The van der Waals surface area contributed by atoms with Crippen LogP contribution >= 0.6 is 34.8 Å². The fraction of sp³-hybridized carbons (Fsp3) is 0.250. The van der Waals surface area contributed by atoms with Gasteiger partial charge in [0.1, 0.15) is 0 Å². The van der Waals surface area contributed by atoms with Crippen LogP contribution in [0.5, 0.6) is 0 Å². The molecule has 1 aliphatic rings. The van der Waals surface area contributed by atoms with Crippen LogP contribution in [-0.4, -0.2) is 41.9 Å². The molecule has 0 aromatic heterocycles. The molecule has 0 atom stereocenters. The molecule has 3 nitrogen and oxygen atoms in total. The lowest BCUT2D eigenvalue weighted by Crippen LogP contribution is -2.47.